The lowest BCUT2D eigenvalue weighted by Gasteiger charge is -2.33. The Morgan fingerprint density at radius 2 is 2.17 bits per heavy atom. The normalized spacial score (nSPS) is 22.9. The number of hydrogen-bond donors (Lipinski definition) is 2. The molecule has 0 aromatic carbocycles. The van der Waals surface area contributed by atoms with Crippen LogP contribution in [0.25, 0.3) is 0 Å². The molecule has 0 saturated carbocycles. The molecule has 1 aromatic heterocycles. The minimum atomic E-state index is -0.420. The molecule has 0 bridgehead atoms. The van der Waals surface area contributed by atoms with Crippen LogP contribution in [0.1, 0.15) is 19.3 Å². The van der Waals surface area contributed by atoms with Gasteiger partial charge in [-0.25, -0.2) is 14.2 Å². The van der Waals surface area contributed by atoms with Crippen molar-refractivity contribution in [2.75, 3.05) is 38.2 Å². The quantitative estimate of drug-likeness (QED) is 0.888. The monoisotopic (exact) mass is 322 g/mol. The highest BCUT2D eigenvalue weighted by Gasteiger charge is 2.24. The Balaban J connectivity index is 1.37. The minimum absolute atomic E-state index is 0.173. The van der Waals surface area contributed by atoms with Crippen LogP contribution in [0.5, 0.6) is 0 Å². The second-order valence-electron chi connectivity index (χ2n) is 6.26. The molecule has 2 saturated heterocycles. The molecular weight excluding hydrogens is 299 g/mol. The number of nitrogens with zero attached hydrogens (tertiary/aromatic N) is 2. The molecule has 2 fully saturated rings. The molecule has 7 heteroatoms. The Morgan fingerprint density at radius 1 is 1.35 bits per heavy atom. The van der Waals surface area contributed by atoms with Crippen molar-refractivity contribution in [1.29, 1.82) is 0 Å². The second-order valence-corrected chi connectivity index (χ2v) is 6.26. The summed E-state index contributed by atoms with van der Waals surface area (Å²) in [6, 6.07) is 2.60. The maximum Gasteiger partial charge on any atom is 0.320 e. The Kier molecular flexibility index (Phi) is 5.40. The van der Waals surface area contributed by atoms with Gasteiger partial charge in [0, 0.05) is 32.3 Å². The highest BCUT2D eigenvalue weighted by atomic mass is 19.1. The molecular formula is C16H23FN4O2. The zero-order valence-electron chi connectivity index (χ0n) is 13.1. The van der Waals surface area contributed by atoms with Crippen LogP contribution in [0, 0.1) is 11.7 Å². The van der Waals surface area contributed by atoms with Crippen LogP contribution in [0.15, 0.2) is 18.3 Å². The van der Waals surface area contributed by atoms with E-state index in [9.17, 15) is 9.18 Å². The molecule has 0 spiro atoms. The molecule has 23 heavy (non-hydrogen) atoms. The fraction of sp³-hybridized carbons (Fsp3) is 0.625. The molecule has 126 valence electrons. The largest absolute Gasteiger partial charge is 0.381 e. The molecule has 2 N–H and O–H groups in total. The molecule has 0 aliphatic carbocycles. The summed E-state index contributed by atoms with van der Waals surface area (Å²) in [6.45, 7) is 4.86. The van der Waals surface area contributed by atoms with Crippen molar-refractivity contribution in [2.24, 2.45) is 5.92 Å². The van der Waals surface area contributed by atoms with E-state index >= 15 is 0 Å². The molecule has 1 aromatic rings. The van der Waals surface area contributed by atoms with Crippen LogP contribution in [-0.4, -0.2) is 54.8 Å². The zero-order valence-corrected chi connectivity index (χ0v) is 13.1. The first-order chi connectivity index (χ1) is 11.2. The summed E-state index contributed by atoms with van der Waals surface area (Å²) in [5.74, 6) is 0.589. The van der Waals surface area contributed by atoms with Gasteiger partial charge in [0.25, 0.3) is 0 Å². The second kappa shape index (κ2) is 7.70. The first-order valence-electron chi connectivity index (χ1n) is 8.18. The van der Waals surface area contributed by atoms with Crippen LogP contribution in [-0.2, 0) is 4.74 Å². The molecule has 6 nitrogen and oxygen atoms in total. The zero-order chi connectivity index (χ0) is 16.1. The third-order valence-electron chi connectivity index (χ3n) is 4.43. The third kappa shape index (κ3) is 4.87. The van der Waals surface area contributed by atoms with Crippen molar-refractivity contribution >= 4 is 11.8 Å². The number of nitrogens with one attached hydrogen (secondary N) is 2. The lowest BCUT2D eigenvalue weighted by Crippen LogP contribution is -2.47. The lowest BCUT2D eigenvalue weighted by molar-refractivity contribution is 0.148. The van der Waals surface area contributed by atoms with E-state index in [1.807, 2.05) is 0 Å². The van der Waals surface area contributed by atoms with Crippen molar-refractivity contribution in [3.63, 3.8) is 0 Å². The fourth-order valence-electron chi connectivity index (χ4n) is 3.14. The Bertz CT molecular complexity index is 511. The number of carbonyl (C=O) groups is 1. The van der Waals surface area contributed by atoms with E-state index in [1.54, 1.807) is 0 Å². The average Bonchev–Trinajstić information content (AvgIpc) is 3.04. The number of anilines is 1. The average molecular weight is 322 g/mol. The van der Waals surface area contributed by atoms with E-state index in [0.29, 0.717) is 11.7 Å². The predicted octanol–water partition coefficient (Wildman–Crippen LogP) is 1.84. The van der Waals surface area contributed by atoms with E-state index in [4.69, 9.17) is 4.74 Å². The van der Waals surface area contributed by atoms with Crippen molar-refractivity contribution in [1.82, 2.24) is 15.2 Å². The van der Waals surface area contributed by atoms with E-state index in [2.05, 4.69) is 20.5 Å². The number of aromatic nitrogens is 1. The Morgan fingerprint density at radius 3 is 2.83 bits per heavy atom. The van der Waals surface area contributed by atoms with Crippen molar-refractivity contribution in [3.8, 4) is 0 Å². The number of pyridine rings is 1. The van der Waals surface area contributed by atoms with Gasteiger partial charge in [0.15, 0.2) is 0 Å². The summed E-state index contributed by atoms with van der Waals surface area (Å²) in [5.41, 5.74) is 0. The molecule has 2 aliphatic heterocycles. The van der Waals surface area contributed by atoms with Gasteiger partial charge in [0.1, 0.15) is 11.6 Å². The summed E-state index contributed by atoms with van der Waals surface area (Å²) >= 11 is 0. The van der Waals surface area contributed by atoms with E-state index in [-0.39, 0.29) is 12.1 Å². The van der Waals surface area contributed by atoms with Gasteiger partial charge >= 0.3 is 6.03 Å². The number of rotatable bonds is 4. The van der Waals surface area contributed by atoms with Gasteiger partial charge in [-0.1, -0.05) is 0 Å². The van der Waals surface area contributed by atoms with Crippen LogP contribution in [0.2, 0.25) is 0 Å². The SMILES string of the molecule is O=C(Nc1ccc(F)cn1)NC1CCN(CC2CCOC2)CC1. The van der Waals surface area contributed by atoms with Gasteiger partial charge in [0.05, 0.1) is 12.8 Å². The first kappa shape index (κ1) is 16.1. The topological polar surface area (TPSA) is 66.5 Å². The molecule has 3 rings (SSSR count). The van der Waals surface area contributed by atoms with Gasteiger partial charge < -0.3 is 15.0 Å². The maximum atomic E-state index is 12.8. The van der Waals surface area contributed by atoms with Crippen molar-refractivity contribution < 1.29 is 13.9 Å². The van der Waals surface area contributed by atoms with Crippen molar-refractivity contribution in [2.45, 2.75) is 25.3 Å². The number of amides is 2. The lowest BCUT2D eigenvalue weighted by atomic mass is 10.0. The maximum absolute atomic E-state index is 12.8. The van der Waals surface area contributed by atoms with Crippen LogP contribution in [0.3, 0.4) is 0 Å². The van der Waals surface area contributed by atoms with Crippen LogP contribution >= 0.6 is 0 Å². The van der Waals surface area contributed by atoms with Crippen LogP contribution < -0.4 is 10.6 Å². The number of likely N-dealkylation sites (tertiary alicyclic amines) is 1. The summed E-state index contributed by atoms with van der Waals surface area (Å²) in [4.78, 5) is 18.2. The van der Waals surface area contributed by atoms with Crippen LogP contribution in [0.4, 0.5) is 15.0 Å². The first-order valence-corrected chi connectivity index (χ1v) is 8.18. The molecule has 2 amide bonds. The molecule has 2 aliphatic rings. The number of ether oxygens (including phenoxy) is 1. The highest BCUT2D eigenvalue weighted by molar-refractivity contribution is 5.88. The summed E-state index contributed by atoms with van der Waals surface area (Å²) in [6.07, 6.45) is 4.13. The minimum Gasteiger partial charge on any atom is -0.381 e. The number of hydrogen-bond acceptors (Lipinski definition) is 4. The van der Waals surface area contributed by atoms with Crippen molar-refractivity contribution in [3.05, 3.63) is 24.1 Å². The Labute approximate surface area is 135 Å². The van der Waals surface area contributed by atoms with Gasteiger partial charge in [-0.3, -0.25) is 5.32 Å². The summed E-state index contributed by atoms with van der Waals surface area (Å²) in [7, 11) is 0. The number of halogens is 1. The Hall–Kier alpha value is -1.73. The summed E-state index contributed by atoms with van der Waals surface area (Å²) in [5, 5.41) is 5.59. The smallest absolute Gasteiger partial charge is 0.320 e. The van der Waals surface area contributed by atoms with Gasteiger partial charge in [-0.15, -0.1) is 0 Å². The molecule has 1 atom stereocenters. The molecule has 3 heterocycles. The standard InChI is InChI=1S/C16H23FN4O2/c17-13-1-2-15(18-9-13)20-16(22)19-14-3-6-21(7-4-14)10-12-5-8-23-11-12/h1-2,9,12,14H,3-8,10-11H2,(H2,18,19,20,22). The van der Waals surface area contributed by atoms with Gasteiger partial charge in [0.2, 0.25) is 0 Å². The van der Waals surface area contributed by atoms with E-state index in [1.165, 1.54) is 12.1 Å². The molecule has 0 radical (unpaired) electrons. The van der Waals surface area contributed by atoms with E-state index in [0.717, 1.165) is 58.3 Å². The predicted molar refractivity (Wildman–Crippen MR) is 84.7 cm³/mol. The third-order valence-corrected chi connectivity index (χ3v) is 4.43. The summed E-state index contributed by atoms with van der Waals surface area (Å²) < 4.78 is 18.2. The fourth-order valence-corrected chi connectivity index (χ4v) is 3.14. The molecule has 1 unspecified atom stereocenters. The number of urea groups is 1. The number of piperidine rings is 1. The highest BCUT2D eigenvalue weighted by Crippen LogP contribution is 2.17. The number of carbonyl (C=O) groups excluding carboxylic acids is 1. The van der Waals surface area contributed by atoms with Gasteiger partial charge in [-0.2, -0.15) is 0 Å². The van der Waals surface area contributed by atoms with Gasteiger partial charge in [-0.05, 0) is 37.3 Å². The van der Waals surface area contributed by atoms with E-state index < -0.39 is 5.82 Å².